The van der Waals surface area contributed by atoms with Crippen molar-refractivity contribution in [3.63, 3.8) is 0 Å². The zero-order chi connectivity index (χ0) is 20.2. The number of methoxy groups -OCH3 is 1. The lowest BCUT2D eigenvalue weighted by Gasteiger charge is -2.38. The van der Waals surface area contributed by atoms with Gasteiger partial charge in [-0.05, 0) is 36.2 Å². The summed E-state index contributed by atoms with van der Waals surface area (Å²) in [5.41, 5.74) is 3.83. The highest BCUT2D eigenvalue weighted by molar-refractivity contribution is 6.01. The second-order valence-electron chi connectivity index (χ2n) is 7.55. The molecule has 2 aromatic rings. The molecule has 2 heterocycles. The van der Waals surface area contributed by atoms with Crippen molar-refractivity contribution >= 4 is 11.6 Å². The average molecular weight is 396 g/mol. The topological polar surface area (TPSA) is 54.0 Å². The van der Waals surface area contributed by atoms with Gasteiger partial charge in [-0.1, -0.05) is 25.1 Å². The van der Waals surface area contributed by atoms with E-state index in [2.05, 4.69) is 29.3 Å². The minimum Gasteiger partial charge on any atom is -0.496 e. The molecule has 1 fully saturated rings. The minimum absolute atomic E-state index is 0.0803. The number of morpholine rings is 1. The normalized spacial score (nSPS) is 19.6. The summed E-state index contributed by atoms with van der Waals surface area (Å²) >= 11 is 0. The van der Waals surface area contributed by atoms with E-state index in [0.717, 1.165) is 67.4 Å². The van der Waals surface area contributed by atoms with Crippen molar-refractivity contribution in [1.82, 2.24) is 9.80 Å². The Kier molecular flexibility index (Phi) is 6.02. The van der Waals surface area contributed by atoms with Crippen molar-refractivity contribution in [2.75, 3.05) is 45.3 Å². The molecule has 1 unspecified atom stereocenters. The number of ether oxygens (including phenoxy) is 2. The molecular weight excluding hydrogens is 366 g/mol. The lowest BCUT2D eigenvalue weighted by atomic mass is 10.0. The highest BCUT2D eigenvalue weighted by atomic mass is 16.5. The summed E-state index contributed by atoms with van der Waals surface area (Å²) in [6.45, 7) is 6.99. The van der Waals surface area contributed by atoms with Crippen molar-refractivity contribution < 1.29 is 14.3 Å². The van der Waals surface area contributed by atoms with Crippen molar-refractivity contribution in [2.45, 2.75) is 26.1 Å². The number of anilines is 1. The van der Waals surface area contributed by atoms with Crippen LogP contribution in [0.3, 0.4) is 0 Å². The molecule has 0 radical (unpaired) electrons. The van der Waals surface area contributed by atoms with Gasteiger partial charge in [0.25, 0.3) is 5.91 Å². The molecule has 1 atom stereocenters. The van der Waals surface area contributed by atoms with Crippen LogP contribution in [0.1, 0.15) is 41.0 Å². The Morgan fingerprint density at radius 1 is 1.17 bits per heavy atom. The van der Waals surface area contributed by atoms with Gasteiger partial charge in [0.1, 0.15) is 11.9 Å². The Morgan fingerprint density at radius 3 is 2.72 bits per heavy atom. The maximum atomic E-state index is 13.2. The first-order valence-electron chi connectivity index (χ1n) is 10.3. The van der Waals surface area contributed by atoms with Crippen LogP contribution in [0, 0.1) is 0 Å². The molecule has 0 spiro atoms. The maximum absolute atomic E-state index is 13.2. The summed E-state index contributed by atoms with van der Waals surface area (Å²) < 4.78 is 11.1. The largest absolute Gasteiger partial charge is 0.496 e. The fourth-order valence-corrected chi connectivity index (χ4v) is 4.12. The molecule has 1 N–H and O–H groups in total. The third kappa shape index (κ3) is 4.09. The second-order valence-corrected chi connectivity index (χ2v) is 7.55. The number of benzene rings is 2. The monoisotopic (exact) mass is 395 g/mol. The van der Waals surface area contributed by atoms with E-state index in [9.17, 15) is 4.79 Å². The first-order chi connectivity index (χ1) is 14.2. The van der Waals surface area contributed by atoms with E-state index >= 15 is 0 Å². The quantitative estimate of drug-likeness (QED) is 0.811. The Labute approximate surface area is 172 Å². The van der Waals surface area contributed by atoms with Gasteiger partial charge in [-0.15, -0.1) is 0 Å². The van der Waals surface area contributed by atoms with E-state index in [4.69, 9.17) is 9.47 Å². The molecule has 0 bridgehead atoms. The lowest BCUT2D eigenvalue weighted by Crippen LogP contribution is -2.43. The highest BCUT2D eigenvalue weighted by Crippen LogP contribution is 2.35. The van der Waals surface area contributed by atoms with Crippen LogP contribution in [0.2, 0.25) is 0 Å². The molecule has 2 aliphatic heterocycles. The molecule has 2 aliphatic rings. The summed E-state index contributed by atoms with van der Waals surface area (Å²) in [4.78, 5) is 17.5. The van der Waals surface area contributed by atoms with Gasteiger partial charge in [-0.3, -0.25) is 9.69 Å². The van der Waals surface area contributed by atoms with Crippen LogP contribution in [-0.2, 0) is 11.3 Å². The molecule has 2 aromatic carbocycles. The number of hydrogen-bond acceptors (Lipinski definition) is 5. The number of amides is 1. The molecule has 4 rings (SSSR count). The number of carbonyl (C=O) groups is 1. The third-order valence-electron chi connectivity index (χ3n) is 5.60. The lowest BCUT2D eigenvalue weighted by molar-refractivity contribution is 0.0338. The van der Waals surface area contributed by atoms with Crippen molar-refractivity contribution in [3.8, 4) is 5.75 Å². The molecule has 6 heteroatoms. The second kappa shape index (κ2) is 8.84. The summed E-state index contributed by atoms with van der Waals surface area (Å²) in [5.74, 6) is 0.960. The number of nitrogens with one attached hydrogen (secondary N) is 1. The van der Waals surface area contributed by atoms with Gasteiger partial charge in [0.2, 0.25) is 0 Å². The van der Waals surface area contributed by atoms with Crippen LogP contribution in [0.15, 0.2) is 42.5 Å². The van der Waals surface area contributed by atoms with Crippen LogP contribution in [0.5, 0.6) is 5.75 Å². The van der Waals surface area contributed by atoms with Crippen molar-refractivity contribution in [3.05, 3.63) is 59.2 Å². The van der Waals surface area contributed by atoms with Gasteiger partial charge in [-0.2, -0.15) is 0 Å². The molecule has 0 aliphatic carbocycles. The van der Waals surface area contributed by atoms with Gasteiger partial charge >= 0.3 is 0 Å². The summed E-state index contributed by atoms with van der Waals surface area (Å²) in [6.07, 6.45) is 0.717. The van der Waals surface area contributed by atoms with Gasteiger partial charge in [0.15, 0.2) is 0 Å². The van der Waals surface area contributed by atoms with Crippen molar-refractivity contribution in [1.29, 1.82) is 0 Å². The predicted octanol–water partition coefficient (Wildman–Crippen LogP) is 3.50. The Morgan fingerprint density at radius 2 is 1.97 bits per heavy atom. The first kappa shape index (κ1) is 19.7. The highest BCUT2D eigenvalue weighted by Gasteiger charge is 2.32. The zero-order valence-corrected chi connectivity index (χ0v) is 17.2. The van der Waals surface area contributed by atoms with E-state index in [-0.39, 0.29) is 12.1 Å². The minimum atomic E-state index is -0.188. The molecule has 1 saturated heterocycles. The van der Waals surface area contributed by atoms with Crippen LogP contribution >= 0.6 is 0 Å². The first-order valence-corrected chi connectivity index (χ1v) is 10.3. The summed E-state index contributed by atoms with van der Waals surface area (Å²) in [7, 11) is 1.71. The SMILES string of the molecule is CCCN1C(=O)c2ccccc2NC1c1ccc(OC)c(CN2CCOCC2)c1. The molecule has 0 aromatic heterocycles. The molecule has 29 heavy (non-hydrogen) atoms. The maximum Gasteiger partial charge on any atom is 0.257 e. The average Bonchev–Trinajstić information content (AvgIpc) is 2.76. The Bertz CT molecular complexity index is 864. The van der Waals surface area contributed by atoms with Crippen LogP contribution in [0.25, 0.3) is 0 Å². The van der Waals surface area contributed by atoms with Gasteiger partial charge in [-0.25, -0.2) is 0 Å². The van der Waals surface area contributed by atoms with Gasteiger partial charge in [0.05, 0.1) is 25.9 Å². The Hall–Kier alpha value is -2.57. The zero-order valence-electron chi connectivity index (χ0n) is 17.2. The number of carbonyl (C=O) groups excluding carboxylic acids is 1. The molecular formula is C23H29N3O3. The number of nitrogens with zero attached hydrogens (tertiary/aromatic N) is 2. The van der Waals surface area contributed by atoms with E-state index in [1.807, 2.05) is 35.2 Å². The fourth-order valence-electron chi connectivity index (χ4n) is 4.12. The molecule has 154 valence electrons. The molecule has 6 nitrogen and oxygen atoms in total. The van der Waals surface area contributed by atoms with E-state index in [0.29, 0.717) is 6.54 Å². The van der Waals surface area contributed by atoms with Crippen LogP contribution < -0.4 is 10.1 Å². The number of para-hydroxylation sites is 1. The van der Waals surface area contributed by atoms with Gasteiger partial charge in [0, 0.05) is 37.4 Å². The number of rotatable bonds is 6. The van der Waals surface area contributed by atoms with Crippen LogP contribution in [0.4, 0.5) is 5.69 Å². The Balaban J connectivity index is 1.66. The molecule has 1 amide bonds. The summed E-state index contributed by atoms with van der Waals surface area (Å²) in [6, 6.07) is 14.0. The summed E-state index contributed by atoms with van der Waals surface area (Å²) in [5, 5.41) is 3.58. The predicted molar refractivity (Wildman–Crippen MR) is 113 cm³/mol. The van der Waals surface area contributed by atoms with Gasteiger partial charge < -0.3 is 19.7 Å². The standard InChI is InChI=1S/C23H29N3O3/c1-3-10-26-22(24-20-7-5-4-6-19(20)23(26)27)17-8-9-21(28-2)18(15-17)16-25-11-13-29-14-12-25/h4-9,15,22,24H,3,10-14,16H2,1-2H3. The third-order valence-corrected chi connectivity index (χ3v) is 5.60. The van der Waals surface area contributed by atoms with E-state index in [1.165, 1.54) is 0 Å². The van der Waals surface area contributed by atoms with Crippen LogP contribution in [-0.4, -0.2) is 55.7 Å². The fraction of sp³-hybridized carbons (Fsp3) is 0.435. The van der Waals surface area contributed by atoms with E-state index in [1.54, 1.807) is 7.11 Å². The smallest absolute Gasteiger partial charge is 0.257 e. The molecule has 0 saturated carbocycles. The van der Waals surface area contributed by atoms with E-state index < -0.39 is 0 Å². The number of fused-ring (bicyclic) bond motifs is 1. The number of hydrogen-bond donors (Lipinski definition) is 1. The van der Waals surface area contributed by atoms with Crippen molar-refractivity contribution in [2.24, 2.45) is 0 Å².